The summed E-state index contributed by atoms with van der Waals surface area (Å²) in [5, 5.41) is -0.0754. The molecule has 0 aliphatic heterocycles. The maximum absolute atomic E-state index is 12.4. The van der Waals surface area contributed by atoms with E-state index in [1.54, 1.807) is 0 Å². The van der Waals surface area contributed by atoms with Gasteiger partial charge in [-0.1, -0.05) is 11.6 Å². The Kier molecular flexibility index (Phi) is 2.87. The van der Waals surface area contributed by atoms with Crippen LogP contribution in [0.5, 0.6) is 5.75 Å². The van der Waals surface area contributed by atoms with Gasteiger partial charge < -0.3 is 10.5 Å². The molecule has 13 heavy (non-hydrogen) atoms. The zero-order chi connectivity index (χ0) is 10.0. The number of nitrogens with two attached hydrogens (primary N) is 1. The van der Waals surface area contributed by atoms with E-state index in [0.29, 0.717) is 0 Å². The zero-order valence-corrected chi connectivity index (χ0v) is 7.48. The molecular formula is C7H7ClF2N2O. The van der Waals surface area contributed by atoms with Gasteiger partial charge in [0.1, 0.15) is 5.15 Å². The molecule has 3 nitrogen and oxygen atoms in total. The molecule has 0 radical (unpaired) electrons. The number of halogens is 3. The molecule has 0 atom stereocenters. The summed E-state index contributed by atoms with van der Waals surface area (Å²) >= 11 is 5.44. The standard InChI is InChI=1S/C7H7ClF2N2O/c1-13-5-3(6(9)10)2-4(8)12-7(5)11/h2,6H,1H3,(H2,11,12). The fourth-order valence-corrected chi connectivity index (χ4v) is 1.13. The van der Waals surface area contributed by atoms with Gasteiger partial charge >= 0.3 is 0 Å². The summed E-state index contributed by atoms with van der Waals surface area (Å²) in [6.07, 6.45) is -2.68. The van der Waals surface area contributed by atoms with E-state index in [9.17, 15) is 8.78 Å². The average molecular weight is 209 g/mol. The van der Waals surface area contributed by atoms with Crippen molar-refractivity contribution >= 4 is 17.4 Å². The number of anilines is 1. The number of pyridine rings is 1. The minimum atomic E-state index is -2.68. The fourth-order valence-electron chi connectivity index (χ4n) is 0.924. The summed E-state index contributed by atoms with van der Waals surface area (Å²) in [7, 11) is 1.24. The average Bonchev–Trinajstić information content (AvgIpc) is 2.02. The van der Waals surface area contributed by atoms with Gasteiger partial charge in [-0.15, -0.1) is 0 Å². The normalized spacial score (nSPS) is 10.5. The van der Waals surface area contributed by atoms with Crippen LogP contribution in [0.25, 0.3) is 0 Å². The van der Waals surface area contributed by atoms with E-state index < -0.39 is 6.43 Å². The number of hydrogen-bond acceptors (Lipinski definition) is 3. The molecule has 1 aromatic heterocycles. The van der Waals surface area contributed by atoms with Gasteiger partial charge in [-0.2, -0.15) is 0 Å². The van der Waals surface area contributed by atoms with Crippen LogP contribution in [0.4, 0.5) is 14.6 Å². The first-order valence-corrected chi connectivity index (χ1v) is 3.72. The molecule has 1 rings (SSSR count). The van der Waals surface area contributed by atoms with E-state index in [1.807, 2.05) is 0 Å². The topological polar surface area (TPSA) is 48.1 Å². The highest BCUT2D eigenvalue weighted by Gasteiger charge is 2.18. The molecule has 0 bridgehead atoms. The Labute approximate surface area is 78.5 Å². The summed E-state index contributed by atoms with van der Waals surface area (Å²) in [5.74, 6) is -0.260. The van der Waals surface area contributed by atoms with Crippen LogP contribution in [-0.2, 0) is 0 Å². The summed E-state index contributed by atoms with van der Waals surface area (Å²) in [4.78, 5) is 3.57. The van der Waals surface area contributed by atoms with Gasteiger partial charge in [-0.25, -0.2) is 13.8 Å². The maximum Gasteiger partial charge on any atom is 0.267 e. The van der Waals surface area contributed by atoms with Gasteiger partial charge in [-0.3, -0.25) is 0 Å². The van der Waals surface area contributed by atoms with Gasteiger partial charge in [0.15, 0.2) is 11.6 Å². The van der Waals surface area contributed by atoms with Crippen LogP contribution < -0.4 is 10.5 Å². The number of methoxy groups -OCH3 is 1. The van der Waals surface area contributed by atoms with E-state index >= 15 is 0 Å². The molecule has 0 saturated carbocycles. The molecule has 0 fully saturated rings. The number of nitrogen functional groups attached to an aromatic ring is 1. The van der Waals surface area contributed by atoms with Gasteiger partial charge in [-0.05, 0) is 6.07 Å². The van der Waals surface area contributed by atoms with Gasteiger partial charge in [0.2, 0.25) is 0 Å². The Hall–Kier alpha value is -1.10. The predicted octanol–water partition coefficient (Wildman–Crippen LogP) is 2.26. The largest absolute Gasteiger partial charge is 0.492 e. The van der Waals surface area contributed by atoms with Crippen molar-refractivity contribution in [1.29, 1.82) is 0 Å². The highest BCUT2D eigenvalue weighted by molar-refractivity contribution is 6.29. The molecule has 2 N–H and O–H groups in total. The Bertz CT molecular complexity index is 320. The lowest BCUT2D eigenvalue weighted by Crippen LogP contribution is -2.00. The second-order valence-corrected chi connectivity index (χ2v) is 2.64. The van der Waals surface area contributed by atoms with Crippen LogP contribution >= 0.6 is 11.6 Å². The highest BCUT2D eigenvalue weighted by Crippen LogP contribution is 2.34. The Balaban J connectivity index is 3.29. The summed E-state index contributed by atoms with van der Waals surface area (Å²) in [5.41, 5.74) is 4.97. The molecular weight excluding hydrogens is 202 g/mol. The van der Waals surface area contributed by atoms with E-state index in [0.717, 1.165) is 6.07 Å². The molecule has 0 aliphatic carbocycles. The number of nitrogens with zero attached hydrogens (tertiary/aromatic N) is 1. The highest BCUT2D eigenvalue weighted by atomic mass is 35.5. The van der Waals surface area contributed by atoms with Crippen LogP contribution in [0.15, 0.2) is 6.07 Å². The lowest BCUT2D eigenvalue weighted by molar-refractivity contribution is 0.147. The summed E-state index contributed by atoms with van der Waals surface area (Å²) < 4.78 is 29.4. The van der Waals surface area contributed by atoms with Gasteiger partial charge in [0.05, 0.1) is 12.7 Å². The van der Waals surface area contributed by atoms with Crippen molar-refractivity contribution in [3.05, 3.63) is 16.8 Å². The van der Waals surface area contributed by atoms with E-state index in [2.05, 4.69) is 9.72 Å². The third-order valence-electron chi connectivity index (χ3n) is 1.44. The van der Waals surface area contributed by atoms with Crippen molar-refractivity contribution in [3.8, 4) is 5.75 Å². The first kappa shape index (κ1) is 9.98. The monoisotopic (exact) mass is 208 g/mol. The fraction of sp³-hybridized carbons (Fsp3) is 0.286. The van der Waals surface area contributed by atoms with Crippen molar-refractivity contribution in [2.45, 2.75) is 6.43 Å². The van der Waals surface area contributed by atoms with Crippen LogP contribution in [0.3, 0.4) is 0 Å². The molecule has 1 aromatic rings. The number of ether oxygens (including phenoxy) is 1. The van der Waals surface area contributed by atoms with E-state index in [-0.39, 0.29) is 22.3 Å². The SMILES string of the molecule is COc1c(C(F)F)cc(Cl)nc1N. The number of alkyl halides is 2. The minimum absolute atomic E-state index is 0.0754. The lowest BCUT2D eigenvalue weighted by Gasteiger charge is -2.09. The van der Waals surface area contributed by atoms with Crippen molar-refractivity contribution in [2.24, 2.45) is 0 Å². The number of hydrogen-bond donors (Lipinski definition) is 1. The second-order valence-electron chi connectivity index (χ2n) is 2.25. The molecule has 0 amide bonds. The molecule has 0 spiro atoms. The lowest BCUT2D eigenvalue weighted by atomic mass is 10.2. The minimum Gasteiger partial charge on any atom is -0.492 e. The Morgan fingerprint density at radius 1 is 1.62 bits per heavy atom. The van der Waals surface area contributed by atoms with Gasteiger partial charge in [0, 0.05) is 0 Å². The smallest absolute Gasteiger partial charge is 0.267 e. The first-order valence-electron chi connectivity index (χ1n) is 3.34. The van der Waals surface area contributed by atoms with Gasteiger partial charge in [0.25, 0.3) is 6.43 Å². The Morgan fingerprint density at radius 3 is 2.69 bits per heavy atom. The number of aromatic nitrogens is 1. The molecule has 0 aliphatic rings. The van der Waals surface area contributed by atoms with E-state index in [1.165, 1.54) is 7.11 Å². The second kappa shape index (κ2) is 3.74. The van der Waals surface area contributed by atoms with Crippen molar-refractivity contribution in [2.75, 3.05) is 12.8 Å². The van der Waals surface area contributed by atoms with Crippen molar-refractivity contribution in [1.82, 2.24) is 4.98 Å². The van der Waals surface area contributed by atoms with E-state index in [4.69, 9.17) is 17.3 Å². The summed E-state index contributed by atoms with van der Waals surface area (Å²) in [6, 6.07) is 1.03. The molecule has 1 heterocycles. The van der Waals surface area contributed by atoms with Crippen molar-refractivity contribution < 1.29 is 13.5 Å². The first-order chi connectivity index (χ1) is 6.06. The third-order valence-corrected chi connectivity index (χ3v) is 1.63. The molecule has 0 aromatic carbocycles. The quantitative estimate of drug-likeness (QED) is 0.759. The zero-order valence-electron chi connectivity index (χ0n) is 6.72. The predicted molar refractivity (Wildman–Crippen MR) is 45.2 cm³/mol. The summed E-state index contributed by atoms with van der Waals surface area (Å²) in [6.45, 7) is 0. The molecule has 0 unspecified atom stereocenters. The molecule has 72 valence electrons. The van der Waals surface area contributed by atoms with Crippen LogP contribution in [-0.4, -0.2) is 12.1 Å². The van der Waals surface area contributed by atoms with Crippen LogP contribution in [0.2, 0.25) is 5.15 Å². The molecule has 6 heteroatoms. The Morgan fingerprint density at radius 2 is 2.23 bits per heavy atom. The molecule has 0 saturated heterocycles. The maximum atomic E-state index is 12.4. The third kappa shape index (κ3) is 1.98. The van der Waals surface area contributed by atoms with Crippen LogP contribution in [0, 0.1) is 0 Å². The van der Waals surface area contributed by atoms with Crippen molar-refractivity contribution in [3.63, 3.8) is 0 Å². The van der Waals surface area contributed by atoms with Crippen LogP contribution in [0.1, 0.15) is 12.0 Å². The number of rotatable bonds is 2.